The number of carbonyl (C=O) groups excluding carboxylic acids is 2. The Balaban J connectivity index is 1.32. The first-order valence-electron chi connectivity index (χ1n) is 11.6. The van der Waals surface area contributed by atoms with Gasteiger partial charge in [-0.3, -0.25) is 9.59 Å². The molecule has 4 heterocycles. The van der Waals surface area contributed by atoms with Crippen LogP contribution in [0, 0.1) is 0 Å². The lowest BCUT2D eigenvalue weighted by atomic mass is 10.1. The molecular formula is C26H27N7O2. The molecule has 0 aliphatic carbocycles. The number of nitrogens with one attached hydrogen (secondary N) is 2. The predicted molar refractivity (Wildman–Crippen MR) is 137 cm³/mol. The van der Waals surface area contributed by atoms with Crippen molar-refractivity contribution in [2.75, 3.05) is 22.1 Å². The molecule has 0 unspecified atom stereocenters. The molecule has 35 heavy (non-hydrogen) atoms. The minimum Gasteiger partial charge on any atom is -0.380 e. The van der Waals surface area contributed by atoms with Gasteiger partial charge in [0.2, 0.25) is 5.91 Å². The summed E-state index contributed by atoms with van der Waals surface area (Å²) < 4.78 is 2.07. The second kappa shape index (κ2) is 9.46. The van der Waals surface area contributed by atoms with Gasteiger partial charge in [-0.1, -0.05) is 12.1 Å². The van der Waals surface area contributed by atoms with Crippen LogP contribution in [-0.2, 0) is 18.4 Å². The second-order valence-corrected chi connectivity index (χ2v) is 8.68. The summed E-state index contributed by atoms with van der Waals surface area (Å²) in [6.07, 6.45) is 7.67. The lowest BCUT2D eigenvalue weighted by molar-refractivity contribution is -0.119. The average Bonchev–Trinajstić information content (AvgIpc) is 3.23. The molecule has 0 spiro atoms. The number of nitrogens with zero attached hydrogens (tertiary/aromatic N) is 4. The molecule has 1 aromatic carbocycles. The number of anilines is 4. The van der Waals surface area contributed by atoms with Crippen molar-refractivity contribution in [2.24, 2.45) is 12.8 Å². The molecule has 4 aromatic rings. The summed E-state index contributed by atoms with van der Waals surface area (Å²) in [7, 11) is 2.01. The molecule has 1 saturated heterocycles. The largest absolute Gasteiger partial charge is 0.380 e. The van der Waals surface area contributed by atoms with Gasteiger partial charge in [0, 0.05) is 50.5 Å². The number of hydrogen-bond acceptors (Lipinski definition) is 6. The minimum atomic E-state index is -0.557. The fraction of sp³-hybridized carbons (Fsp3) is 0.231. The number of aromatic nitrogens is 3. The van der Waals surface area contributed by atoms with E-state index in [4.69, 9.17) is 5.73 Å². The fourth-order valence-corrected chi connectivity index (χ4v) is 4.31. The molecule has 0 radical (unpaired) electrons. The van der Waals surface area contributed by atoms with E-state index in [1.807, 2.05) is 25.4 Å². The van der Waals surface area contributed by atoms with Crippen LogP contribution in [0.5, 0.6) is 0 Å². The predicted octanol–water partition coefficient (Wildman–Crippen LogP) is 3.94. The quantitative estimate of drug-likeness (QED) is 0.377. The van der Waals surface area contributed by atoms with E-state index in [1.54, 1.807) is 17.2 Å². The van der Waals surface area contributed by atoms with Crippen LogP contribution in [-0.4, -0.2) is 32.9 Å². The third-order valence-corrected chi connectivity index (χ3v) is 6.24. The number of pyridine rings is 2. The molecule has 2 amide bonds. The Bertz CT molecular complexity index is 1390. The van der Waals surface area contributed by atoms with Gasteiger partial charge < -0.3 is 25.8 Å². The van der Waals surface area contributed by atoms with Gasteiger partial charge >= 0.3 is 0 Å². The summed E-state index contributed by atoms with van der Waals surface area (Å²) >= 11 is 0. The van der Waals surface area contributed by atoms with Crippen LogP contribution in [0.3, 0.4) is 0 Å². The van der Waals surface area contributed by atoms with Gasteiger partial charge in [0.25, 0.3) is 5.91 Å². The Hall–Kier alpha value is -4.40. The molecule has 5 rings (SSSR count). The molecule has 1 aliphatic rings. The number of piperidine rings is 1. The number of benzene rings is 1. The third-order valence-electron chi connectivity index (χ3n) is 6.24. The number of carbonyl (C=O) groups is 2. The highest BCUT2D eigenvalue weighted by molar-refractivity contribution is 5.98. The van der Waals surface area contributed by atoms with E-state index in [0.29, 0.717) is 35.9 Å². The topological polar surface area (TPSA) is 118 Å². The highest BCUT2D eigenvalue weighted by atomic mass is 16.2. The smallest absolute Gasteiger partial charge is 0.252 e. The summed E-state index contributed by atoms with van der Waals surface area (Å²) in [4.78, 5) is 34.7. The highest BCUT2D eigenvalue weighted by Gasteiger charge is 2.19. The van der Waals surface area contributed by atoms with Crippen LogP contribution in [0.15, 0.2) is 61.1 Å². The molecule has 1 fully saturated rings. The monoisotopic (exact) mass is 469 g/mol. The van der Waals surface area contributed by atoms with Gasteiger partial charge in [0.1, 0.15) is 11.6 Å². The van der Waals surface area contributed by atoms with Crippen molar-refractivity contribution < 1.29 is 9.59 Å². The van der Waals surface area contributed by atoms with Gasteiger partial charge in [0.15, 0.2) is 0 Å². The standard InChI is InChI=1S/C26H27N7O2/c1-32-11-9-18-6-5-17(12-22(18)32)14-28-21-13-24(30-16-20(21)26(27)35)31-23-8-7-19(15-29-23)33-10-3-2-4-25(33)34/h5-9,11-13,15-16H,2-4,10,14H2,1H3,(H2,27,35)(H2,28,29,30,31). The third kappa shape index (κ3) is 4.79. The van der Waals surface area contributed by atoms with Gasteiger partial charge in [-0.2, -0.15) is 0 Å². The minimum absolute atomic E-state index is 0.129. The van der Waals surface area contributed by atoms with Crippen molar-refractivity contribution >= 4 is 45.7 Å². The normalized spacial score (nSPS) is 13.7. The molecule has 1 aliphatic heterocycles. The number of hydrogen-bond donors (Lipinski definition) is 3. The van der Waals surface area contributed by atoms with E-state index < -0.39 is 5.91 Å². The number of aryl methyl sites for hydroxylation is 1. The van der Waals surface area contributed by atoms with E-state index in [9.17, 15) is 9.59 Å². The van der Waals surface area contributed by atoms with Crippen LogP contribution in [0.25, 0.3) is 10.9 Å². The molecule has 3 aromatic heterocycles. The van der Waals surface area contributed by atoms with Crippen LogP contribution in [0.1, 0.15) is 35.2 Å². The van der Waals surface area contributed by atoms with Crippen molar-refractivity contribution in [2.45, 2.75) is 25.8 Å². The lowest BCUT2D eigenvalue weighted by Gasteiger charge is -2.26. The Morgan fingerprint density at radius 2 is 1.91 bits per heavy atom. The van der Waals surface area contributed by atoms with Gasteiger partial charge in [0.05, 0.1) is 23.1 Å². The van der Waals surface area contributed by atoms with E-state index in [0.717, 1.165) is 36.2 Å². The number of fused-ring (bicyclic) bond motifs is 1. The maximum absolute atomic E-state index is 12.2. The molecule has 9 nitrogen and oxygen atoms in total. The number of rotatable bonds is 7. The van der Waals surface area contributed by atoms with Crippen LogP contribution < -0.4 is 21.3 Å². The molecule has 178 valence electrons. The SMILES string of the molecule is Cn1ccc2ccc(CNc3cc(Nc4ccc(N5CCCCC5=O)cn4)ncc3C(N)=O)cc21. The number of nitrogens with two attached hydrogens (primary N) is 1. The first-order valence-corrected chi connectivity index (χ1v) is 11.6. The molecule has 0 saturated carbocycles. The highest BCUT2D eigenvalue weighted by Crippen LogP contribution is 2.25. The Labute approximate surface area is 203 Å². The van der Waals surface area contributed by atoms with Crippen LogP contribution >= 0.6 is 0 Å². The van der Waals surface area contributed by atoms with Crippen LogP contribution in [0.2, 0.25) is 0 Å². The summed E-state index contributed by atoms with van der Waals surface area (Å²) in [6, 6.07) is 13.7. The second-order valence-electron chi connectivity index (χ2n) is 8.68. The average molecular weight is 470 g/mol. The van der Waals surface area contributed by atoms with Gasteiger partial charge in [-0.25, -0.2) is 9.97 Å². The summed E-state index contributed by atoms with van der Waals surface area (Å²) in [5.41, 5.74) is 9.46. The van der Waals surface area contributed by atoms with Gasteiger partial charge in [-0.15, -0.1) is 0 Å². The van der Waals surface area contributed by atoms with E-state index >= 15 is 0 Å². The van der Waals surface area contributed by atoms with Crippen molar-refractivity contribution in [1.29, 1.82) is 0 Å². The molecule has 0 bridgehead atoms. The van der Waals surface area contributed by atoms with Crippen molar-refractivity contribution in [3.05, 3.63) is 72.2 Å². The zero-order valence-corrected chi connectivity index (χ0v) is 19.5. The Morgan fingerprint density at radius 3 is 2.69 bits per heavy atom. The molecule has 9 heteroatoms. The molecular weight excluding hydrogens is 442 g/mol. The molecule has 4 N–H and O–H groups in total. The molecule has 0 atom stereocenters. The Morgan fingerprint density at radius 1 is 1.06 bits per heavy atom. The van der Waals surface area contributed by atoms with Crippen molar-refractivity contribution in [1.82, 2.24) is 14.5 Å². The zero-order valence-electron chi connectivity index (χ0n) is 19.5. The van der Waals surface area contributed by atoms with Crippen molar-refractivity contribution in [3.8, 4) is 0 Å². The first-order chi connectivity index (χ1) is 17.0. The van der Waals surface area contributed by atoms with E-state index in [1.165, 1.54) is 11.6 Å². The van der Waals surface area contributed by atoms with Crippen molar-refractivity contribution in [3.63, 3.8) is 0 Å². The maximum Gasteiger partial charge on any atom is 0.252 e. The fourth-order valence-electron chi connectivity index (χ4n) is 4.31. The van der Waals surface area contributed by atoms with E-state index in [-0.39, 0.29) is 5.91 Å². The number of amides is 2. The summed E-state index contributed by atoms with van der Waals surface area (Å²) in [5, 5.41) is 7.65. The first kappa shape index (κ1) is 22.4. The zero-order chi connectivity index (χ0) is 24.4. The van der Waals surface area contributed by atoms with Crippen LogP contribution in [0.4, 0.5) is 23.0 Å². The van der Waals surface area contributed by atoms with Gasteiger partial charge in [-0.05, 0) is 48.1 Å². The lowest BCUT2D eigenvalue weighted by Crippen LogP contribution is -2.35. The number of primary amides is 1. The summed E-state index contributed by atoms with van der Waals surface area (Å²) in [6.45, 7) is 1.23. The Kier molecular flexibility index (Phi) is 6.05. The maximum atomic E-state index is 12.2. The summed E-state index contributed by atoms with van der Waals surface area (Å²) in [5.74, 6) is 0.671. The van der Waals surface area contributed by atoms with E-state index in [2.05, 4.69) is 49.4 Å².